The first-order valence-corrected chi connectivity index (χ1v) is 11.3. The van der Waals surface area contributed by atoms with Crippen molar-refractivity contribution in [1.82, 2.24) is 5.32 Å². The van der Waals surface area contributed by atoms with Crippen LogP contribution in [0.5, 0.6) is 0 Å². The number of anilines is 1. The number of rotatable bonds is 7. The molecule has 0 saturated heterocycles. The first-order valence-electron chi connectivity index (χ1n) is 9.82. The lowest BCUT2D eigenvalue weighted by Gasteiger charge is -2.24. The molecule has 0 aliphatic carbocycles. The summed E-state index contributed by atoms with van der Waals surface area (Å²) in [6, 6.07) is 22.5. The van der Waals surface area contributed by atoms with E-state index in [4.69, 9.17) is 0 Å². The van der Waals surface area contributed by atoms with Gasteiger partial charge < -0.3 is 5.32 Å². The number of carbonyl (C=O) groups excluding carboxylic acids is 1. The molecule has 0 unspecified atom stereocenters. The molecule has 1 amide bonds. The first kappa shape index (κ1) is 21.6. The number of aryl methyl sites for hydroxylation is 1. The summed E-state index contributed by atoms with van der Waals surface area (Å²) < 4.78 is 27.7. The van der Waals surface area contributed by atoms with Crippen LogP contribution in [0.4, 0.5) is 5.69 Å². The largest absolute Gasteiger partial charge is 0.345 e. The van der Waals surface area contributed by atoms with E-state index in [2.05, 4.69) is 23.9 Å². The zero-order valence-corrected chi connectivity index (χ0v) is 18.1. The van der Waals surface area contributed by atoms with Crippen LogP contribution < -0.4 is 10.0 Å². The second-order valence-electron chi connectivity index (χ2n) is 7.55. The Morgan fingerprint density at radius 3 is 2.20 bits per heavy atom. The summed E-state index contributed by atoms with van der Waals surface area (Å²) in [7, 11) is -3.72. The minimum Gasteiger partial charge on any atom is -0.345 e. The summed E-state index contributed by atoms with van der Waals surface area (Å²) in [6.07, 6.45) is 0. The molecule has 1 atom stereocenters. The maximum atomic E-state index is 12.9. The molecular weight excluding hydrogens is 396 g/mol. The van der Waals surface area contributed by atoms with Crippen LogP contribution in [-0.4, -0.2) is 14.3 Å². The van der Waals surface area contributed by atoms with Gasteiger partial charge >= 0.3 is 0 Å². The zero-order chi connectivity index (χ0) is 21.7. The van der Waals surface area contributed by atoms with Crippen molar-refractivity contribution in [2.75, 3.05) is 4.72 Å². The van der Waals surface area contributed by atoms with Gasteiger partial charge in [-0.3, -0.25) is 9.52 Å². The van der Waals surface area contributed by atoms with Gasteiger partial charge in [-0.05, 0) is 54.3 Å². The molecule has 0 saturated carbocycles. The predicted octanol–water partition coefficient (Wildman–Crippen LogP) is 4.92. The van der Waals surface area contributed by atoms with Gasteiger partial charge in [0.15, 0.2) is 0 Å². The van der Waals surface area contributed by atoms with Gasteiger partial charge in [-0.2, -0.15) is 0 Å². The van der Waals surface area contributed by atoms with Crippen molar-refractivity contribution in [3.8, 4) is 0 Å². The summed E-state index contributed by atoms with van der Waals surface area (Å²) in [5.74, 6) is -0.0625. The SMILES string of the molecule is Cc1ccccc1[C@@H](NC(=O)c1cccc(NS(=O)(=O)c2ccccc2)c1)C(C)C. The molecule has 0 aromatic heterocycles. The van der Waals surface area contributed by atoms with Gasteiger partial charge in [0.25, 0.3) is 15.9 Å². The highest BCUT2D eigenvalue weighted by Crippen LogP contribution is 2.25. The number of hydrogen-bond donors (Lipinski definition) is 2. The van der Waals surface area contributed by atoms with Crippen molar-refractivity contribution in [2.45, 2.75) is 31.7 Å². The molecule has 0 spiro atoms. The number of nitrogens with one attached hydrogen (secondary N) is 2. The number of sulfonamides is 1. The highest BCUT2D eigenvalue weighted by atomic mass is 32.2. The van der Waals surface area contributed by atoms with Crippen LogP contribution in [0.15, 0.2) is 83.8 Å². The van der Waals surface area contributed by atoms with Crippen molar-refractivity contribution < 1.29 is 13.2 Å². The molecule has 2 N–H and O–H groups in total. The van der Waals surface area contributed by atoms with Gasteiger partial charge in [0, 0.05) is 11.3 Å². The summed E-state index contributed by atoms with van der Waals surface area (Å²) in [4.78, 5) is 13.1. The number of benzene rings is 3. The monoisotopic (exact) mass is 422 g/mol. The lowest BCUT2D eigenvalue weighted by molar-refractivity contribution is 0.0925. The van der Waals surface area contributed by atoms with Crippen LogP contribution >= 0.6 is 0 Å². The number of hydrogen-bond acceptors (Lipinski definition) is 3. The fourth-order valence-electron chi connectivity index (χ4n) is 3.30. The average molecular weight is 423 g/mol. The highest BCUT2D eigenvalue weighted by Gasteiger charge is 2.21. The van der Waals surface area contributed by atoms with Crippen LogP contribution in [0, 0.1) is 12.8 Å². The molecule has 0 fully saturated rings. The second-order valence-corrected chi connectivity index (χ2v) is 9.23. The normalized spacial score (nSPS) is 12.4. The van der Waals surface area contributed by atoms with Crippen molar-refractivity contribution in [3.63, 3.8) is 0 Å². The summed E-state index contributed by atoms with van der Waals surface area (Å²) in [5.41, 5.74) is 2.91. The molecule has 0 aliphatic heterocycles. The molecule has 3 aromatic carbocycles. The van der Waals surface area contributed by atoms with Crippen molar-refractivity contribution in [2.24, 2.45) is 5.92 Å². The van der Waals surface area contributed by atoms with Gasteiger partial charge in [0.05, 0.1) is 10.9 Å². The molecule has 0 aliphatic rings. The fourth-order valence-corrected chi connectivity index (χ4v) is 4.37. The third-order valence-electron chi connectivity index (χ3n) is 4.91. The standard InChI is InChI=1S/C24H26N2O3S/c1-17(2)23(22-15-8-7-10-18(22)3)25-24(27)19-11-9-12-20(16-19)26-30(28,29)21-13-5-4-6-14-21/h4-17,23,26H,1-3H3,(H,25,27)/t23-/m0/s1. The minimum atomic E-state index is -3.72. The van der Waals surface area contributed by atoms with E-state index >= 15 is 0 Å². The molecule has 5 nitrogen and oxygen atoms in total. The molecule has 156 valence electrons. The number of carbonyl (C=O) groups is 1. The summed E-state index contributed by atoms with van der Waals surface area (Å²) in [5, 5.41) is 3.10. The van der Waals surface area contributed by atoms with Crippen molar-refractivity contribution in [3.05, 3.63) is 95.6 Å². The van der Waals surface area contributed by atoms with Crippen LogP contribution in [0.3, 0.4) is 0 Å². The van der Waals surface area contributed by atoms with Gasteiger partial charge in [0.2, 0.25) is 0 Å². The topological polar surface area (TPSA) is 75.3 Å². The van der Waals surface area contributed by atoms with E-state index in [-0.39, 0.29) is 22.8 Å². The molecule has 3 aromatic rings. The molecular formula is C24H26N2O3S. The van der Waals surface area contributed by atoms with E-state index in [0.29, 0.717) is 11.3 Å². The third kappa shape index (κ3) is 5.07. The smallest absolute Gasteiger partial charge is 0.261 e. The Hall–Kier alpha value is -3.12. The molecule has 6 heteroatoms. The van der Waals surface area contributed by atoms with Gasteiger partial charge in [-0.25, -0.2) is 8.42 Å². The Balaban J connectivity index is 1.81. The van der Waals surface area contributed by atoms with Gasteiger partial charge in [-0.15, -0.1) is 0 Å². The van der Waals surface area contributed by atoms with E-state index in [0.717, 1.165) is 11.1 Å². The highest BCUT2D eigenvalue weighted by molar-refractivity contribution is 7.92. The molecule has 3 rings (SSSR count). The Morgan fingerprint density at radius 2 is 1.53 bits per heavy atom. The van der Waals surface area contributed by atoms with E-state index in [1.807, 2.05) is 31.2 Å². The van der Waals surface area contributed by atoms with Crippen LogP contribution in [0.1, 0.15) is 41.4 Å². The Kier molecular flexibility index (Phi) is 6.57. The Bertz CT molecular complexity index is 1130. The molecule has 0 heterocycles. The predicted molar refractivity (Wildman–Crippen MR) is 120 cm³/mol. The minimum absolute atomic E-state index is 0.150. The van der Waals surface area contributed by atoms with Crippen molar-refractivity contribution in [1.29, 1.82) is 0 Å². The van der Waals surface area contributed by atoms with E-state index < -0.39 is 10.0 Å². The van der Waals surface area contributed by atoms with Crippen molar-refractivity contribution >= 4 is 21.6 Å². The Morgan fingerprint density at radius 1 is 0.867 bits per heavy atom. The third-order valence-corrected chi connectivity index (χ3v) is 6.30. The Labute approximate surface area is 178 Å². The lowest BCUT2D eigenvalue weighted by atomic mass is 9.92. The average Bonchev–Trinajstić information content (AvgIpc) is 2.73. The summed E-state index contributed by atoms with van der Waals surface area (Å²) in [6.45, 7) is 6.14. The van der Waals surface area contributed by atoms with Crippen LogP contribution in [0.2, 0.25) is 0 Å². The van der Waals surface area contributed by atoms with Crippen LogP contribution in [-0.2, 0) is 10.0 Å². The number of amides is 1. The van der Waals surface area contributed by atoms with E-state index in [9.17, 15) is 13.2 Å². The lowest BCUT2D eigenvalue weighted by Crippen LogP contribution is -2.32. The summed E-state index contributed by atoms with van der Waals surface area (Å²) >= 11 is 0. The second kappa shape index (κ2) is 9.13. The van der Waals surface area contributed by atoms with E-state index in [1.54, 1.807) is 42.5 Å². The molecule has 30 heavy (non-hydrogen) atoms. The van der Waals surface area contributed by atoms with Gasteiger partial charge in [0.1, 0.15) is 0 Å². The zero-order valence-electron chi connectivity index (χ0n) is 17.3. The van der Waals surface area contributed by atoms with Gasteiger partial charge in [-0.1, -0.05) is 62.4 Å². The van der Waals surface area contributed by atoms with Crippen LogP contribution in [0.25, 0.3) is 0 Å². The maximum Gasteiger partial charge on any atom is 0.261 e. The quantitative estimate of drug-likeness (QED) is 0.567. The first-order chi connectivity index (χ1) is 14.3. The maximum absolute atomic E-state index is 12.9. The molecule has 0 bridgehead atoms. The van der Waals surface area contributed by atoms with E-state index in [1.165, 1.54) is 12.1 Å². The fraction of sp³-hybridized carbons (Fsp3) is 0.208. The molecule has 0 radical (unpaired) electrons.